The van der Waals surface area contributed by atoms with Gasteiger partial charge in [-0.15, -0.1) is 0 Å². The minimum atomic E-state index is -0.697. The molecule has 0 aromatic heterocycles. The van der Waals surface area contributed by atoms with Gasteiger partial charge in [0.15, 0.2) is 0 Å². The second kappa shape index (κ2) is 5.86. The van der Waals surface area contributed by atoms with Crippen LogP contribution in [0.5, 0.6) is 5.75 Å². The van der Waals surface area contributed by atoms with Crippen LogP contribution in [-0.4, -0.2) is 18.2 Å². The summed E-state index contributed by atoms with van der Waals surface area (Å²) in [6.07, 6.45) is 0. The molecule has 2 rings (SSSR count). The van der Waals surface area contributed by atoms with Gasteiger partial charge in [0, 0.05) is 10.6 Å². The van der Waals surface area contributed by atoms with Crippen LogP contribution >= 0.6 is 11.6 Å². The Balaban J connectivity index is 2.85. The highest BCUT2D eigenvalue weighted by atomic mass is 35.5. The summed E-state index contributed by atoms with van der Waals surface area (Å²) < 4.78 is 4.72. The standard InChI is InChI=1S/C16H12ClNO3/c1-9-7-11(8-18)13(10-3-5-12(17)6-4-10)14(15(9)19)16(20)21-2/h3-7,19H,1-2H3. The van der Waals surface area contributed by atoms with Crippen molar-refractivity contribution in [3.63, 3.8) is 0 Å². The maximum absolute atomic E-state index is 12.0. The van der Waals surface area contributed by atoms with Crippen LogP contribution in [-0.2, 0) is 4.74 Å². The third-order valence-corrected chi connectivity index (χ3v) is 3.39. The lowest BCUT2D eigenvalue weighted by molar-refractivity contribution is 0.0598. The molecule has 1 N–H and O–H groups in total. The summed E-state index contributed by atoms with van der Waals surface area (Å²) >= 11 is 5.85. The minimum Gasteiger partial charge on any atom is -0.507 e. The fourth-order valence-electron chi connectivity index (χ4n) is 2.11. The second-order valence-electron chi connectivity index (χ2n) is 4.45. The lowest BCUT2D eigenvalue weighted by Crippen LogP contribution is -2.07. The van der Waals surface area contributed by atoms with E-state index in [9.17, 15) is 15.2 Å². The van der Waals surface area contributed by atoms with E-state index in [1.165, 1.54) is 13.2 Å². The number of carbonyl (C=O) groups is 1. The maximum atomic E-state index is 12.0. The molecule has 0 saturated carbocycles. The van der Waals surface area contributed by atoms with Crippen molar-refractivity contribution in [1.29, 1.82) is 5.26 Å². The van der Waals surface area contributed by atoms with E-state index in [1.807, 2.05) is 6.07 Å². The number of carbonyl (C=O) groups excluding carboxylic acids is 1. The lowest BCUT2D eigenvalue weighted by atomic mass is 9.92. The monoisotopic (exact) mass is 301 g/mol. The summed E-state index contributed by atoms with van der Waals surface area (Å²) in [6, 6.07) is 10.2. The van der Waals surface area contributed by atoms with Crippen molar-refractivity contribution in [2.45, 2.75) is 6.92 Å². The number of hydrogen-bond acceptors (Lipinski definition) is 4. The van der Waals surface area contributed by atoms with E-state index in [0.29, 0.717) is 21.7 Å². The minimum absolute atomic E-state index is 0.0172. The number of nitrogens with zero attached hydrogens (tertiary/aromatic N) is 1. The molecular formula is C16H12ClNO3. The Morgan fingerprint density at radius 3 is 2.48 bits per heavy atom. The molecule has 0 saturated heterocycles. The van der Waals surface area contributed by atoms with E-state index in [-0.39, 0.29) is 16.9 Å². The number of ether oxygens (including phenoxy) is 1. The first kappa shape index (κ1) is 14.9. The van der Waals surface area contributed by atoms with Crippen molar-refractivity contribution in [1.82, 2.24) is 0 Å². The predicted octanol–water partition coefficient (Wildman–Crippen LogP) is 3.68. The summed E-state index contributed by atoms with van der Waals surface area (Å²) in [5, 5.41) is 20.0. The summed E-state index contributed by atoms with van der Waals surface area (Å²) in [5.41, 5.74) is 1.64. The average molecular weight is 302 g/mol. The Hall–Kier alpha value is -2.51. The Morgan fingerprint density at radius 2 is 1.95 bits per heavy atom. The van der Waals surface area contributed by atoms with Crippen molar-refractivity contribution in [3.8, 4) is 22.9 Å². The zero-order valence-corrected chi connectivity index (χ0v) is 12.2. The summed E-state index contributed by atoms with van der Waals surface area (Å²) in [5.74, 6) is -0.886. The van der Waals surface area contributed by atoms with Gasteiger partial charge in [-0.25, -0.2) is 4.79 Å². The van der Waals surface area contributed by atoms with Gasteiger partial charge in [-0.05, 0) is 36.2 Å². The van der Waals surface area contributed by atoms with Crippen LogP contribution in [0.25, 0.3) is 11.1 Å². The molecule has 0 atom stereocenters. The van der Waals surface area contributed by atoms with Gasteiger partial charge in [0.1, 0.15) is 11.3 Å². The van der Waals surface area contributed by atoms with Gasteiger partial charge >= 0.3 is 5.97 Å². The molecule has 4 nitrogen and oxygen atoms in total. The van der Waals surface area contributed by atoms with Crippen molar-refractivity contribution in [2.75, 3.05) is 7.11 Å². The fraction of sp³-hybridized carbons (Fsp3) is 0.125. The zero-order valence-electron chi connectivity index (χ0n) is 11.5. The van der Waals surface area contributed by atoms with Crippen LogP contribution in [0, 0.1) is 18.3 Å². The van der Waals surface area contributed by atoms with Crippen molar-refractivity contribution < 1.29 is 14.6 Å². The third kappa shape index (κ3) is 2.69. The van der Waals surface area contributed by atoms with Crippen LogP contribution in [0.3, 0.4) is 0 Å². The fourth-order valence-corrected chi connectivity index (χ4v) is 2.24. The van der Waals surface area contributed by atoms with Gasteiger partial charge in [-0.2, -0.15) is 5.26 Å². The Bertz CT molecular complexity index is 746. The maximum Gasteiger partial charge on any atom is 0.342 e. The van der Waals surface area contributed by atoms with Gasteiger partial charge in [0.25, 0.3) is 0 Å². The SMILES string of the molecule is COC(=O)c1c(O)c(C)cc(C#N)c1-c1ccc(Cl)cc1. The molecule has 21 heavy (non-hydrogen) atoms. The van der Waals surface area contributed by atoms with E-state index in [0.717, 1.165) is 0 Å². The van der Waals surface area contributed by atoms with Gasteiger partial charge < -0.3 is 9.84 Å². The van der Waals surface area contributed by atoms with Crippen LogP contribution in [0.1, 0.15) is 21.5 Å². The molecule has 0 aliphatic carbocycles. The number of esters is 1. The predicted molar refractivity (Wildman–Crippen MR) is 79.3 cm³/mol. The Morgan fingerprint density at radius 1 is 1.33 bits per heavy atom. The van der Waals surface area contributed by atoms with Gasteiger partial charge in [0.05, 0.1) is 18.7 Å². The quantitative estimate of drug-likeness (QED) is 0.859. The molecule has 2 aromatic carbocycles. The topological polar surface area (TPSA) is 70.3 Å². The molecule has 0 bridgehead atoms. The molecule has 0 unspecified atom stereocenters. The summed E-state index contributed by atoms with van der Waals surface area (Å²) in [7, 11) is 1.22. The highest BCUT2D eigenvalue weighted by Crippen LogP contribution is 2.36. The van der Waals surface area contributed by atoms with Crippen LogP contribution < -0.4 is 0 Å². The number of phenolic OH excluding ortho intramolecular Hbond substituents is 1. The molecule has 0 amide bonds. The highest BCUT2D eigenvalue weighted by Gasteiger charge is 2.23. The van der Waals surface area contributed by atoms with Crippen LogP contribution in [0.15, 0.2) is 30.3 Å². The molecule has 0 fully saturated rings. The zero-order chi connectivity index (χ0) is 15.6. The first-order chi connectivity index (χ1) is 9.99. The van der Waals surface area contributed by atoms with E-state index in [2.05, 4.69) is 0 Å². The molecule has 2 aromatic rings. The molecule has 0 heterocycles. The van der Waals surface area contributed by atoms with Crippen molar-refractivity contribution >= 4 is 17.6 Å². The molecule has 0 spiro atoms. The van der Waals surface area contributed by atoms with Gasteiger partial charge in [-0.3, -0.25) is 0 Å². The molecule has 106 valence electrons. The Labute approximate surface area is 127 Å². The first-order valence-corrected chi connectivity index (χ1v) is 6.48. The van der Waals surface area contributed by atoms with Crippen LogP contribution in [0.2, 0.25) is 5.02 Å². The third-order valence-electron chi connectivity index (χ3n) is 3.13. The normalized spacial score (nSPS) is 10.0. The average Bonchev–Trinajstić information content (AvgIpc) is 2.49. The molecule has 5 heteroatoms. The highest BCUT2D eigenvalue weighted by molar-refractivity contribution is 6.30. The summed E-state index contributed by atoms with van der Waals surface area (Å²) in [4.78, 5) is 12.0. The number of methoxy groups -OCH3 is 1. The number of aryl methyl sites for hydroxylation is 1. The van der Waals surface area contributed by atoms with E-state index < -0.39 is 5.97 Å². The van der Waals surface area contributed by atoms with Crippen molar-refractivity contribution in [3.05, 3.63) is 52.0 Å². The number of hydrogen-bond donors (Lipinski definition) is 1. The van der Waals surface area contributed by atoms with E-state index >= 15 is 0 Å². The Kier molecular flexibility index (Phi) is 4.15. The number of aromatic hydroxyl groups is 1. The summed E-state index contributed by atoms with van der Waals surface area (Å²) in [6.45, 7) is 1.62. The van der Waals surface area contributed by atoms with Gasteiger partial charge in [0.2, 0.25) is 0 Å². The van der Waals surface area contributed by atoms with Crippen LogP contribution in [0.4, 0.5) is 0 Å². The van der Waals surface area contributed by atoms with E-state index in [1.54, 1.807) is 31.2 Å². The number of phenols is 1. The first-order valence-electron chi connectivity index (χ1n) is 6.10. The number of rotatable bonds is 2. The smallest absolute Gasteiger partial charge is 0.342 e. The molecule has 0 aliphatic rings. The van der Waals surface area contributed by atoms with E-state index in [4.69, 9.17) is 16.3 Å². The second-order valence-corrected chi connectivity index (χ2v) is 4.89. The largest absolute Gasteiger partial charge is 0.507 e. The molecular weight excluding hydrogens is 290 g/mol. The van der Waals surface area contributed by atoms with Crippen molar-refractivity contribution in [2.24, 2.45) is 0 Å². The van der Waals surface area contributed by atoms with Gasteiger partial charge in [-0.1, -0.05) is 23.7 Å². The number of nitriles is 1. The molecule has 0 radical (unpaired) electrons. The molecule has 0 aliphatic heterocycles. The number of benzene rings is 2. The lowest BCUT2D eigenvalue weighted by Gasteiger charge is -2.14. The number of halogens is 1.